The number of nitrogens with one attached hydrogen (secondary N) is 1. The van der Waals surface area contributed by atoms with Crippen LogP contribution in [0.4, 0.5) is 0 Å². The van der Waals surface area contributed by atoms with E-state index in [1.165, 1.54) is 12.8 Å². The standard InChI is InChI=1S/C27H42N2O3S2Si/c1-19-11-13-20(14-12-19)34(30,31)29-28-25-17-24-22(21-9-8-10-23(21)25)15-16-27(24,33-5)18-32-35(6,7)26(2,3)4/h11-16,21-24,29H,8-10,17-18H2,1-7H3/b28-25-/t21-,22+,23-,24-,27-/m0/s1. The molecule has 1 N–H and O–H groups in total. The molecule has 3 aliphatic rings. The number of nitrogens with zero attached hydrogens (tertiary/aromatic N) is 1. The minimum atomic E-state index is -3.68. The predicted molar refractivity (Wildman–Crippen MR) is 150 cm³/mol. The maximum Gasteiger partial charge on any atom is 0.276 e. The second kappa shape index (κ2) is 9.65. The molecular formula is C27H42N2O3S2Si. The Hall–Kier alpha value is -1.09. The highest BCUT2D eigenvalue weighted by Crippen LogP contribution is 2.57. The number of fused-ring (bicyclic) bond motifs is 3. The number of rotatable bonds is 7. The lowest BCUT2D eigenvalue weighted by molar-refractivity contribution is 0.176. The number of hydrogen-bond acceptors (Lipinski definition) is 5. The normalized spacial score (nSPS) is 32.0. The number of hydrazone groups is 1. The van der Waals surface area contributed by atoms with Crippen LogP contribution in [-0.4, -0.2) is 40.1 Å². The average Bonchev–Trinajstić information content (AvgIpc) is 3.41. The van der Waals surface area contributed by atoms with Gasteiger partial charge in [0.1, 0.15) is 0 Å². The number of hydrogen-bond donors (Lipinski definition) is 1. The van der Waals surface area contributed by atoms with Crippen LogP contribution in [0.15, 0.2) is 46.4 Å². The van der Waals surface area contributed by atoms with E-state index in [1.807, 2.05) is 30.8 Å². The van der Waals surface area contributed by atoms with Crippen molar-refractivity contribution in [2.75, 3.05) is 12.9 Å². The summed E-state index contributed by atoms with van der Waals surface area (Å²) < 4.78 is 32.6. The summed E-state index contributed by atoms with van der Waals surface area (Å²) in [7, 11) is -5.57. The van der Waals surface area contributed by atoms with Crippen molar-refractivity contribution in [3.05, 3.63) is 42.0 Å². The molecule has 2 saturated carbocycles. The zero-order valence-corrected chi connectivity index (χ0v) is 24.9. The summed E-state index contributed by atoms with van der Waals surface area (Å²) in [6.07, 6.45) is 11.3. The topological polar surface area (TPSA) is 67.8 Å². The van der Waals surface area contributed by atoms with E-state index >= 15 is 0 Å². The third-order valence-electron chi connectivity index (χ3n) is 9.10. The maximum atomic E-state index is 12.9. The first kappa shape index (κ1) is 27.0. The molecule has 0 amide bonds. The van der Waals surface area contributed by atoms with Gasteiger partial charge in [0, 0.05) is 11.6 Å². The molecule has 2 fully saturated rings. The van der Waals surface area contributed by atoms with E-state index in [1.54, 1.807) is 12.1 Å². The Kier molecular flexibility index (Phi) is 7.44. The van der Waals surface area contributed by atoms with Crippen molar-refractivity contribution in [2.45, 2.75) is 81.2 Å². The fraction of sp³-hybridized carbons (Fsp3) is 0.667. The number of thioether (sulfide) groups is 1. The largest absolute Gasteiger partial charge is 0.415 e. The van der Waals surface area contributed by atoms with Gasteiger partial charge in [-0.2, -0.15) is 25.3 Å². The van der Waals surface area contributed by atoms with Crippen molar-refractivity contribution in [3.63, 3.8) is 0 Å². The van der Waals surface area contributed by atoms with E-state index < -0.39 is 18.3 Å². The predicted octanol–water partition coefficient (Wildman–Crippen LogP) is 6.38. The summed E-state index contributed by atoms with van der Waals surface area (Å²) in [5, 5.41) is 4.78. The molecule has 0 aromatic heterocycles. The molecular weight excluding hydrogens is 493 g/mol. The first-order chi connectivity index (χ1) is 16.3. The Labute approximate surface area is 217 Å². The number of allylic oxidation sites excluding steroid dienone is 1. The Morgan fingerprint density at radius 2 is 1.89 bits per heavy atom. The molecule has 0 spiro atoms. The third kappa shape index (κ3) is 5.18. The SMILES string of the molecule is CS[C@]1(CO[Si](C)(C)C(C)(C)C)C=C[C@@H]2[C@@H]3CCC[C@@H]3/C(=N\NS(=O)(=O)c3ccc(C)cc3)C[C@@H]21. The van der Waals surface area contributed by atoms with Crippen LogP contribution in [0, 0.1) is 30.6 Å². The molecule has 4 rings (SSSR count). The van der Waals surface area contributed by atoms with Crippen LogP contribution in [0.5, 0.6) is 0 Å². The van der Waals surface area contributed by atoms with Crippen LogP contribution in [0.1, 0.15) is 52.0 Å². The smallest absolute Gasteiger partial charge is 0.276 e. The molecule has 0 radical (unpaired) electrons. The molecule has 1 aromatic carbocycles. The fourth-order valence-electron chi connectivity index (χ4n) is 5.81. The molecule has 0 saturated heterocycles. The maximum absolute atomic E-state index is 12.9. The highest BCUT2D eigenvalue weighted by atomic mass is 32.2. The Morgan fingerprint density at radius 3 is 2.51 bits per heavy atom. The van der Waals surface area contributed by atoms with Crippen LogP contribution >= 0.6 is 11.8 Å². The van der Waals surface area contributed by atoms with Gasteiger partial charge in [0.2, 0.25) is 0 Å². The van der Waals surface area contributed by atoms with Gasteiger partial charge in [0.05, 0.1) is 16.2 Å². The van der Waals surface area contributed by atoms with Crippen LogP contribution in [-0.2, 0) is 14.4 Å². The second-order valence-corrected chi connectivity index (χ2v) is 19.8. The van der Waals surface area contributed by atoms with Gasteiger partial charge >= 0.3 is 0 Å². The van der Waals surface area contributed by atoms with Crippen LogP contribution < -0.4 is 4.83 Å². The molecule has 0 heterocycles. The molecule has 5 nitrogen and oxygen atoms in total. The van der Waals surface area contributed by atoms with Crippen molar-refractivity contribution in [1.29, 1.82) is 0 Å². The number of benzene rings is 1. The minimum Gasteiger partial charge on any atom is -0.415 e. The van der Waals surface area contributed by atoms with E-state index in [9.17, 15) is 8.42 Å². The molecule has 35 heavy (non-hydrogen) atoms. The minimum absolute atomic E-state index is 0.0929. The first-order valence-electron chi connectivity index (χ1n) is 12.8. The van der Waals surface area contributed by atoms with Crippen molar-refractivity contribution in [3.8, 4) is 0 Å². The van der Waals surface area contributed by atoms with Gasteiger partial charge in [-0.15, -0.1) is 0 Å². The molecule has 5 atom stereocenters. The molecule has 194 valence electrons. The summed E-state index contributed by atoms with van der Waals surface area (Å²) >= 11 is 1.89. The highest BCUT2D eigenvalue weighted by molar-refractivity contribution is 8.00. The van der Waals surface area contributed by atoms with Gasteiger partial charge in [-0.05, 0) is 80.5 Å². The lowest BCUT2D eigenvalue weighted by atomic mass is 9.66. The zero-order valence-electron chi connectivity index (χ0n) is 22.3. The Balaban J connectivity index is 1.58. The molecule has 0 unspecified atom stereocenters. The van der Waals surface area contributed by atoms with E-state index in [-0.39, 0.29) is 14.7 Å². The molecule has 8 heteroatoms. The van der Waals surface area contributed by atoms with Gasteiger partial charge in [-0.3, -0.25) is 0 Å². The van der Waals surface area contributed by atoms with Crippen LogP contribution in [0.25, 0.3) is 0 Å². The van der Waals surface area contributed by atoms with Gasteiger partial charge in [0.15, 0.2) is 8.32 Å². The first-order valence-corrected chi connectivity index (χ1v) is 18.4. The van der Waals surface area contributed by atoms with E-state index in [2.05, 4.69) is 62.2 Å². The Bertz CT molecular complexity index is 1090. The van der Waals surface area contributed by atoms with Crippen molar-refractivity contribution < 1.29 is 12.8 Å². The van der Waals surface area contributed by atoms with Gasteiger partial charge in [0.25, 0.3) is 10.0 Å². The molecule has 1 aromatic rings. The lowest BCUT2D eigenvalue weighted by Gasteiger charge is -2.46. The van der Waals surface area contributed by atoms with Crippen molar-refractivity contribution in [2.24, 2.45) is 28.8 Å². The summed E-state index contributed by atoms with van der Waals surface area (Å²) in [6, 6.07) is 6.93. The fourth-order valence-corrected chi connectivity index (χ4v) is 8.72. The average molecular weight is 535 g/mol. The Morgan fingerprint density at radius 1 is 1.20 bits per heavy atom. The van der Waals surface area contributed by atoms with Crippen LogP contribution in [0.3, 0.4) is 0 Å². The number of sulfonamides is 1. The summed E-state index contributed by atoms with van der Waals surface area (Å²) in [5.74, 6) is 1.80. The summed E-state index contributed by atoms with van der Waals surface area (Å²) in [5.41, 5.74) is 2.06. The third-order valence-corrected chi connectivity index (χ3v) is 16.1. The zero-order chi connectivity index (χ0) is 25.6. The molecule has 0 aliphatic heterocycles. The van der Waals surface area contributed by atoms with Gasteiger partial charge < -0.3 is 4.43 Å². The van der Waals surface area contributed by atoms with E-state index in [0.717, 1.165) is 24.1 Å². The second-order valence-electron chi connectivity index (χ2n) is 12.2. The van der Waals surface area contributed by atoms with Gasteiger partial charge in [-0.1, -0.05) is 57.0 Å². The molecule has 3 aliphatic carbocycles. The highest BCUT2D eigenvalue weighted by Gasteiger charge is 2.54. The summed E-state index contributed by atoms with van der Waals surface area (Å²) in [4.78, 5) is 2.84. The number of aryl methyl sites for hydroxylation is 1. The molecule has 0 bridgehead atoms. The van der Waals surface area contributed by atoms with Crippen molar-refractivity contribution >= 4 is 35.8 Å². The monoisotopic (exact) mass is 534 g/mol. The lowest BCUT2D eigenvalue weighted by Crippen LogP contribution is -2.49. The van der Waals surface area contributed by atoms with E-state index in [0.29, 0.717) is 30.3 Å². The summed E-state index contributed by atoms with van der Waals surface area (Å²) in [6.45, 7) is 14.1. The quantitative estimate of drug-likeness (QED) is 0.251. The van der Waals surface area contributed by atoms with Crippen molar-refractivity contribution in [1.82, 2.24) is 4.83 Å². The van der Waals surface area contributed by atoms with Gasteiger partial charge in [-0.25, -0.2) is 4.83 Å². The van der Waals surface area contributed by atoms with Crippen LogP contribution in [0.2, 0.25) is 18.1 Å². The van der Waals surface area contributed by atoms with E-state index in [4.69, 9.17) is 4.43 Å².